The third-order valence-corrected chi connectivity index (χ3v) is 5.43. The van der Waals surface area contributed by atoms with Crippen molar-refractivity contribution in [2.75, 3.05) is 20.2 Å². The third-order valence-electron chi connectivity index (χ3n) is 5.43. The van der Waals surface area contributed by atoms with Crippen LogP contribution in [0, 0.1) is 5.92 Å². The van der Waals surface area contributed by atoms with Gasteiger partial charge in [-0.2, -0.15) is 5.10 Å². The number of hydrogen-bond acceptors (Lipinski definition) is 4. The van der Waals surface area contributed by atoms with Gasteiger partial charge in [-0.15, -0.1) is 0 Å². The second-order valence-electron chi connectivity index (χ2n) is 7.25. The standard InChI is InChI=1S/C22H24N4O3/c1-29-17-6-4-5-15(13-17)14-23-21(27)16-9-11-26(12-10-16)22(28)20-18-7-2-3-8-19(18)24-25-20/h2-8,13,16H,9-12,14H2,1H3,(H,23,27)(H,24,25). The lowest BCUT2D eigenvalue weighted by molar-refractivity contribution is -0.126. The van der Waals surface area contributed by atoms with Crippen LogP contribution in [0.4, 0.5) is 0 Å². The molecule has 1 saturated heterocycles. The summed E-state index contributed by atoms with van der Waals surface area (Å²) in [5.41, 5.74) is 2.29. The number of carbonyl (C=O) groups is 2. The summed E-state index contributed by atoms with van der Waals surface area (Å²) in [4.78, 5) is 27.2. The molecule has 0 saturated carbocycles. The molecule has 1 fully saturated rings. The number of para-hydroxylation sites is 1. The van der Waals surface area contributed by atoms with E-state index in [9.17, 15) is 9.59 Å². The van der Waals surface area contributed by atoms with E-state index >= 15 is 0 Å². The van der Waals surface area contributed by atoms with Crippen LogP contribution in [0.3, 0.4) is 0 Å². The van der Waals surface area contributed by atoms with Crippen molar-refractivity contribution in [1.82, 2.24) is 20.4 Å². The fourth-order valence-electron chi connectivity index (χ4n) is 3.74. The highest BCUT2D eigenvalue weighted by atomic mass is 16.5. The Morgan fingerprint density at radius 3 is 2.76 bits per heavy atom. The van der Waals surface area contributed by atoms with Gasteiger partial charge in [-0.3, -0.25) is 14.7 Å². The molecule has 0 radical (unpaired) electrons. The Morgan fingerprint density at radius 1 is 1.17 bits per heavy atom. The molecule has 3 aromatic rings. The molecule has 150 valence electrons. The molecule has 2 aromatic carbocycles. The summed E-state index contributed by atoms with van der Waals surface area (Å²) in [7, 11) is 1.62. The number of methoxy groups -OCH3 is 1. The summed E-state index contributed by atoms with van der Waals surface area (Å²) in [6.45, 7) is 1.57. The third kappa shape index (κ3) is 4.08. The Hall–Kier alpha value is -3.35. The van der Waals surface area contributed by atoms with Crippen LogP contribution < -0.4 is 10.1 Å². The van der Waals surface area contributed by atoms with Gasteiger partial charge in [-0.1, -0.05) is 30.3 Å². The number of nitrogens with zero attached hydrogens (tertiary/aromatic N) is 2. The van der Waals surface area contributed by atoms with E-state index in [1.165, 1.54) is 0 Å². The molecule has 0 atom stereocenters. The maximum absolute atomic E-state index is 12.9. The number of aromatic amines is 1. The van der Waals surface area contributed by atoms with E-state index in [0.29, 0.717) is 38.2 Å². The summed E-state index contributed by atoms with van der Waals surface area (Å²) < 4.78 is 5.21. The number of likely N-dealkylation sites (tertiary alicyclic amines) is 1. The predicted molar refractivity (Wildman–Crippen MR) is 110 cm³/mol. The van der Waals surface area contributed by atoms with Gasteiger partial charge in [0.05, 0.1) is 12.6 Å². The summed E-state index contributed by atoms with van der Waals surface area (Å²) >= 11 is 0. The second kappa shape index (κ2) is 8.34. The van der Waals surface area contributed by atoms with Gasteiger partial charge in [-0.05, 0) is 36.6 Å². The summed E-state index contributed by atoms with van der Waals surface area (Å²) in [6.07, 6.45) is 1.30. The number of H-pyrrole nitrogens is 1. The Balaban J connectivity index is 1.31. The van der Waals surface area contributed by atoms with Crippen molar-refractivity contribution in [3.05, 3.63) is 59.8 Å². The van der Waals surface area contributed by atoms with Crippen LogP contribution in [0.25, 0.3) is 10.9 Å². The zero-order valence-electron chi connectivity index (χ0n) is 16.4. The van der Waals surface area contributed by atoms with E-state index in [-0.39, 0.29) is 17.7 Å². The number of fused-ring (bicyclic) bond motifs is 1. The van der Waals surface area contributed by atoms with Crippen LogP contribution in [-0.4, -0.2) is 47.1 Å². The molecule has 0 spiro atoms. The van der Waals surface area contributed by atoms with E-state index in [1.54, 1.807) is 12.0 Å². The van der Waals surface area contributed by atoms with Gasteiger partial charge in [-0.25, -0.2) is 0 Å². The normalized spacial score (nSPS) is 14.7. The first kappa shape index (κ1) is 19.0. The van der Waals surface area contributed by atoms with Crippen LogP contribution in [0.5, 0.6) is 5.75 Å². The number of aromatic nitrogens is 2. The van der Waals surface area contributed by atoms with E-state index in [0.717, 1.165) is 22.2 Å². The Bertz CT molecular complexity index is 1020. The van der Waals surface area contributed by atoms with Gasteiger partial charge in [0, 0.05) is 30.9 Å². The second-order valence-corrected chi connectivity index (χ2v) is 7.25. The molecule has 0 unspecified atom stereocenters. The molecule has 7 nitrogen and oxygen atoms in total. The highest BCUT2D eigenvalue weighted by Crippen LogP contribution is 2.22. The van der Waals surface area contributed by atoms with Crippen LogP contribution in [0.15, 0.2) is 48.5 Å². The molecule has 7 heteroatoms. The number of nitrogens with one attached hydrogen (secondary N) is 2. The van der Waals surface area contributed by atoms with E-state index < -0.39 is 0 Å². The van der Waals surface area contributed by atoms with Crippen LogP contribution in [0.1, 0.15) is 28.9 Å². The van der Waals surface area contributed by atoms with E-state index in [4.69, 9.17) is 4.74 Å². The quantitative estimate of drug-likeness (QED) is 0.699. The number of benzene rings is 2. The maximum atomic E-state index is 12.9. The fraction of sp³-hybridized carbons (Fsp3) is 0.318. The number of amides is 2. The average Bonchev–Trinajstić information content (AvgIpc) is 3.21. The number of carbonyl (C=O) groups excluding carboxylic acids is 2. The molecule has 1 aliphatic rings. The van der Waals surface area contributed by atoms with Crippen LogP contribution in [0.2, 0.25) is 0 Å². The topological polar surface area (TPSA) is 87.3 Å². The molecule has 29 heavy (non-hydrogen) atoms. The molecule has 2 N–H and O–H groups in total. The molecule has 0 bridgehead atoms. The van der Waals surface area contributed by atoms with Crippen molar-refractivity contribution >= 4 is 22.7 Å². The summed E-state index contributed by atoms with van der Waals surface area (Å²) in [5.74, 6) is 0.637. The van der Waals surface area contributed by atoms with Crippen molar-refractivity contribution < 1.29 is 14.3 Å². The number of piperidine rings is 1. The zero-order chi connectivity index (χ0) is 20.2. The molecule has 0 aliphatic carbocycles. The van der Waals surface area contributed by atoms with Crippen LogP contribution >= 0.6 is 0 Å². The Labute approximate surface area is 169 Å². The maximum Gasteiger partial charge on any atom is 0.274 e. The van der Waals surface area contributed by atoms with Crippen molar-refractivity contribution in [2.24, 2.45) is 5.92 Å². The predicted octanol–water partition coefficient (Wildman–Crippen LogP) is 2.74. The first-order chi connectivity index (χ1) is 14.2. The number of hydrogen-bond donors (Lipinski definition) is 2. The fourth-order valence-corrected chi connectivity index (χ4v) is 3.74. The van der Waals surface area contributed by atoms with E-state index in [2.05, 4.69) is 15.5 Å². The SMILES string of the molecule is COc1cccc(CNC(=O)C2CCN(C(=O)c3n[nH]c4ccccc34)CC2)c1. The zero-order valence-corrected chi connectivity index (χ0v) is 16.4. The van der Waals surface area contributed by atoms with Crippen molar-refractivity contribution in [2.45, 2.75) is 19.4 Å². The van der Waals surface area contributed by atoms with Gasteiger partial charge in [0.25, 0.3) is 5.91 Å². The van der Waals surface area contributed by atoms with Gasteiger partial charge in [0.15, 0.2) is 5.69 Å². The van der Waals surface area contributed by atoms with Gasteiger partial charge < -0.3 is 15.0 Å². The molecule has 1 aliphatic heterocycles. The van der Waals surface area contributed by atoms with Crippen molar-refractivity contribution in [3.63, 3.8) is 0 Å². The van der Waals surface area contributed by atoms with E-state index in [1.807, 2.05) is 48.5 Å². The smallest absolute Gasteiger partial charge is 0.274 e. The minimum absolute atomic E-state index is 0.0325. The lowest BCUT2D eigenvalue weighted by atomic mass is 9.95. The van der Waals surface area contributed by atoms with Crippen molar-refractivity contribution in [1.29, 1.82) is 0 Å². The van der Waals surface area contributed by atoms with Crippen LogP contribution in [-0.2, 0) is 11.3 Å². The van der Waals surface area contributed by atoms with Crippen molar-refractivity contribution in [3.8, 4) is 5.75 Å². The largest absolute Gasteiger partial charge is 0.497 e. The Kier molecular flexibility index (Phi) is 5.46. The first-order valence-corrected chi connectivity index (χ1v) is 9.78. The molecular weight excluding hydrogens is 368 g/mol. The summed E-state index contributed by atoms with van der Waals surface area (Å²) in [6, 6.07) is 15.2. The minimum Gasteiger partial charge on any atom is -0.497 e. The molecular formula is C22H24N4O3. The molecule has 2 amide bonds. The molecule has 4 rings (SSSR count). The van der Waals surface area contributed by atoms with Gasteiger partial charge in [0.2, 0.25) is 5.91 Å². The average molecular weight is 392 g/mol. The Morgan fingerprint density at radius 2 is 1.97 bits per heavy atom. The highest BCUT2D eigenvalue weighted by molar-refractivity contribution is 6.04. The molecule has 1 aromatic heterocycles. The lowest BCUT2D eigenvalue weighted by Gasteiger charge is -2.31. The summed E-state index contributed by atoms with van der Waals surface area (Å²) in [5, 5.41) is 10.9. The van der Waals surface area contributed by atoms with Gasteiger partial charge in [0.1, 0.15) is 5.75 Å². The monoisotopic (exact) mass is 392 g/mol. The van der Waals surface area contributed by atoms with Gasteiger partial charge >= 0.3 is 0 Å². The number of ether oxygens (including phenoxy) is 1. The molecule has 2 heterocycles. The number of rotatable bonds is 5. The first-order valence-electron chi connectivity index (χ1n) is 9.78. The highest BCUT2D eigenvalue weighted by Gasteiger charge is 2.29. The lowest BCUT2D eigenvalue weighted by Crippen LogP contribution is -2.43. The minimum atomic E-state index is -0.0855.